The summed E-state index contributed by atoms with van der Waals surface area (Å²) in [5.74, 6) is -0.192. The lowest BCUT2D eigenvalue weighted by atomic mass is 9.89. The molecule has 0 heterocycles. The van der Waals surface area contributed by atoms with Crippen molar-refractivity contribution in [3.8, 4) is 22.6 Å². The standard InChI is InChI=1S/C35H34O6/c1-4-28-29(20-21-30(34(36)38-2)35(37)39-3)33(27-18-12-7-13-19-27)32(41-24-26-16-10-6-11-17-26)22-31(28)40-23-25-14-8-5-9-15-25/h5-19,21-22H,4,20,23-24H2,1-3H3. The predicted molar refractivity (Wildman–Crippen MR) is 159 cm³/mol. The lowest BCUT2D eigenvalue weighted by molar-refractivity contribution is -0.144. The molecule has 0 aromatic heterocycles. The first-order chi connectivity index (χ1) is 20.0. The number of carbonyl (C=O) groups is 2. The van der Waals surface area contributed by atoms with Gasteiger partial charge in [-0.25, -0.2) is 9.59 Å². The van der Waals surface area contributed by atoms with Gasteiger partial charge in [-0.1, -0.05) is 104 Å². The van der Waals surface area contributed by atoms with Crippen molar-refractivity contribution in [2.45, 2.75) is 33.0 Å². The van der Waals surface area contributed by atoms with Crippen molar-refractivity contribution in [3.05, 3.63) is 131 Å². The molecule has 4 rings (SSSR count). The SMILES string of the molecule is CCc1c(OCc2ccccc2)cc(OCc2ccccc2)c(-c2ccccc2)c1CC=C(C(=O)OC)C(=O)OC. The maximum atomic E-state index is 12.5. The lowest BCUT2D eigenvalue weighted by Crippen LogP contribution is -2.16. The van der Waals surface area contributed by atoms with Crippen molar-refractivity contribution in [2.75, 3.05) is 14.2 Å². The van der Waals surface area contributed by atoms with Crippen molar-refractivity contribution in [1.82, 2.24) is 0 Å². The van der Waals surface area contributed by atoms with E-state index in [9.17, 15) is 9.59 Å². The number of benzene rings is 4. The van der Waals surface area contributed by atoms with Crippen LogP contribution in [0.25, 0.3) is 11.1 Å². The Hall–Kier alpha value is -4.84. The fourth-order valence-corrected chi connectivity index (χ4v) is 4.65. The van der Waals surface area contributed by atoms with Gasteiger partial charge < -0.3 is 18.9 Å². The first kappa shape index (κ1) is 29.2. The molecule has 4 aromatic rings. The minimum atomic E-state index is -0.756. The van der Waals surface area contributed by atoms with Crippen LogP contribution in [-0.4, -0.2) is 26.2 Å². The zero-order valence-corrected chi connectivity index (χ0v) is 23.6. The van der Waals surface area contributed by atoms with E-state index in [1.165, 1.54) is 14.2 Å². The average molecular weight is 551 g/mol. The molecule has 0 N–H and O–H groups in total. The molecule has 0 aliphatic heterocycles. The molecular weight excluding hydrogens is 516 g/mol. The van der Waals surface area contributed by atoms with Crippen LogP contribution in [0.2, 0.25) is 0 Å². The molecule has 0 atom stereocenters. The van der Waals surface area contributed by atoms with E-state index < -0.39 is 11.9 Å². The Balaban J connectivity index is 1.88. The summed E-state index contributed by atoms with van der Waals surface area (Å²) < 4.78 is 22.6. The van der Waals surface area contributed by atoms with Crippen LogP contribution in [0.5, 0.6) is 11.5 Å². The molecule has 0 saturated heterocycles. The largest absolute Gasteiger partial charge is 0.488 e. The molecule has 0 aliphatic carbocycles. The number of ether oxygens (including phenoxy) is 4. The van der Waals surface area contributed by atoms with Gasteiger partial charge in [-0.05, 0) is 40.7 Å². The van der Waals surface area contributed by atoms with E-state index in [0.29, 0.717) is 31.1 Å². The van der Waals surface area contributed by atoms with Crippen molar-refractivity contribution in [3.63, 3.8) is 0 Å². The zero-order valence-electron chi connectivity index (χ0n) is 23.6. The van der Waals surface area contributed by atoms with Crippen molar-refractivity contribution >= 4 is 11.9 Å². The Morgan fingerprint density at radius 3 is 1.63 bits per heavy atom. The van der Waals surface area contributed by atoms with E-state index in [2.05, 4.69) is 6.92 Å². The Bertz CT molecular complexity index is 1460. The summed E-state index contributed by atoms with van der Waals surface area (Å²) in [7, 11) is 2.47. The van der Waals surface area contributed by atoms with Gasteiger partial charge in [0.05, 0.1) is 14.2 Å². The molecule has 6 nitrogen and oxygen atoms in total. The summed E-state index contributed by atoms with van der Waals surface area (Å²) in [4.78, 5) is 24.9. The molecule has 0 bridgehead atoms. The number of hydrogen-bond acceptors (Lipinski definition) is 6. The van der Waals surface area contributed by atoms with Crippen molar-refractivity contribution in [2.24, 2.45) is 0 Å². The molecule has 0 radical (unpaired) electrons. The molecule has 41 heavy (non-hydrogen) atoms. The number of methoxy groups -OCH3 is 2. The van der Waals surface area contributed by atoms with Crippen LogP contribution < -0.4 is 9.47 Å². The van der Waals surface area contributed by atoms with Crippen molar-refractivity contribution < 1.29 is 28.5 Å². The van der Waals surface area contributed by atoms with E-state index in [4.69, 9.17) is 18.9 Å². The smallest absolute Gasteiger partial charge is 0.344 e. The first-order valence-electron chi connectivity index (χ1n) is 13.5. The van der Waals surface area contributed by atoms with Gasteiger partial charge in [-0.2, -0.15) is 0 Å². The second kappa shape index (κ2) is 14.5. The topological polar surface area (TPSA) is 71.1 Å². The van der Waals surface area contributed by atoms with E-state index in [-0.39, 0.29) is 12.0 Å². The van der Waals surface area contributed by atoms with Crippen LogP contribution in [0.15, 0.2) is 109 Å². The Morgan fingerprint density at radius 1 is 0.659 bits per heavy atom. The molecule has 0 aliphatic rings. The molecule has 210 valence electrons. The third-order valence-electron chi connectivity index (χ3n) is 6.68. The van der Waals surface area contributed by atoms with Crippen LogP contribution in [0.1, 0.15) is 29.2 Å². The van der Waals surface area contributed by atoms with Crippen molar-refractivity contribution in [1.29, 1.82) is 0 Å². The minimum absolute atomic E-state index is 0.168. The molecular formula is C35H34O6. The molecule has 0 fully saturated rings. The van der Waals surface area contributed by atoms with Gasteiger partial charge in [0.25, 0.3) is 0 Å². The summed E-state index contributed by atoms with van der Waals surface area (Å²) in [5.41, 5.74) is 5.55. The monoisotopic (exact) mass is 550 g/mol. The molecule has 0 amide bonds. The Kier molecular flexibility index (Phi) is 10.3. The van der Waals surface area contributed by atoms with Gasteiger partial charge >= 0.3 is 11.9 Å². The van der Waals surface area contributed by atoms with E-state index in [1.54, 1.807) is 6.08 Å². The number of hydrogen-bond donors (Lipinski definition) is 0. The predicted octanol–water partition coefficient (Wildman–Crippen LogP) is 6.89. The number of carbonyl (C=O) groups excluding carboxylic acids is 2. The quantitative estimate of drug-likeness (QED) is 0.0828. The number of allylic oxidation sites excluding steroid dienone is 1. The highest BCUT2D eigenvalue weighted by Crippen LogP contribution is 2.42. The number of esters is 2. The highest BCUT2D eigenvalue weighted by Gasteiger charge is 2.23. The Morgan fingerprint density at radius 2 is 1.15 bits per heavy atom. The third kappa shape index (κ3) is 7.42. The third-order valence-corrected chi connectivity index (χ3v) is 6.68. The van der Waals surface area contributed by atoms with E-state index in [1.807, 2.05) is 97.1 Å². The fraction of sp³-hybridized carbons (Fsp3) is 0.200. The normalized spacial score (nSPS) is 10.4. The average Bonchev–Trinajstić information content (AvgIpc) is 3.03. The molecule has 0 unspecified atom stereocenters. The highest BCUT2D eigenvalue weighted by atomic mass is 16.5. The minimum Gasteiger partial charge on any atom is -0.488 e. The van der Waals surface area contributed by atoms with Crippen LogP contribution in [0.3, 0.4) is 0 Å². The molecule has 6 heteroatoms. The summed E-state index contributed by atoms with van der Waals surface area (Å²) in [6, 6.07) is 31.8. The second-order valence-electron chi connectivity index (χ2n) is 9.28. The van der Waals surface area contributed by atoms with Gasteiger partial charge in [0, 0.05) is 11.6 Å². The van der Waals surface area contributed by atoms with Gasteiger partial charge in [0.15, 0.2) is 0 Å². The first-order valence-corrected chi connectivity index (χ1v) is 13.5. The van der Waals surface area contributed by atoms with Crippen LogP contribution >= 0.6 is 0 Å². The molecule has 0 spiro atoms. The number of rotatable bonds is 12. The summed E-state index contributed by atoms with van der Waals surface area (Å²) in [6.07, 6.45) is 2.45. The zero-order chi connectivity index (χ0) is 29.0. The van der Waals surface area contributed by atoms with Gasteiger partial charge in [-0.15, -0.1) is 0 Å². The van der Waals surface area contributed by atoms with E-state index in [0.717, 1.165) is 33.4 Å². The van der Waals surface area contributed by atoms with E-state index >= 15 is 0 Å². The molecule has 0 saturated carbocycles. The summed E-state index contributed by atoms with van der Waals surface area (Å²) in [5, 5.41) is 0. The van der Waals surface area contributed by atoms with Crippen LogP contribution in [-0.2, 0) is 45.1 Å². The highest BCUT2D eigenvalue weighted by molar-refractivity contribution is 6.14. The lowest BCUT2D eigenvalue weighted by Gasteiger charge is -2.22. The van der Waals surface area contributed by atoms with Crippen LogP contribution in [0, 0.1) is 0 Å². The Labute approximate surface area is 241 Å². The second-order valence-corrected chi connectivity index (χ2v) is 9.28. The molecule has 4 aromatic carbocycles. The van der Waals surface area contributed by atoms with Gasteiger partial charge in [0.2, 0.25) is 0 Å². The van der Waals surface area contributed by atoms with Gasteiger partial charge in [-0.3, -0.25) is 0 Å². The fourth-order valence-electron chi connectivity index (χ4n) is 4.65. The maximum absolute atomic E-state index is 12.5. The van der Waals surface area contributed by atoms with Crippen LogP contribution in [0.4, 0.5) is 0 Å². The summed E-state index contributed by atoms with van der Waals surface area (Å²) >= 11 is 0. The maximum Gasteiger partial charge on any atom is 0.344 e. The summed E-state index contributed by atoms with van der Waals surface area (Å²) in [6.45, 7) is 2.79. The van der Waals surface area contributed by atoms with Gasteiger partial charge in [0.1, 0.15) is 30.3 Å².